The second-order valence-electron chi connectivity index (χ2n) is 10.9. The van der Waals surface area contributed by atoms with Gasteiger partial charge in [-0.05, 0) is 83.1 Å². The Balaban J connectivity index is 1.34. The fraction of sp³-hybridized carbons (Fsp3) is 0.500. The molecule has 2 aliphatic rings. The zero-order valence-electron chi connectivity index (χ0n) is 22.2. The topological polar surface area (TPSA) is 62.2 Å². The van der Waals surface area contributed by atoms with Crippen LogP contribution in [0.15, 0.2) is 59.8 Å². The van der Waals surface area contributed by atoms with E-state index in [1.165, 1.54) is 5.56 Å². The minimum atomic E-state index is -1.01. The van der Waals surface area contributed by atoms with Gasteiger partial charge in [0.2, 0.25) is 5.60 Å². The van der Waals surface area contributed by atoms with Crippen molar-refractivity contribution < 1.29 is 14.4 Å². The largest absolute Gasteiger partial charge is 0.379 e. The maximum Gasteiger partial charge on any atom is 0.270 e. The van der Waals surface area contributed by atoms with Gasteiger partial charge >= 0.3 is 0 Å². The van der Waals surface area contributed by atoms with Crippen LogP contribution in [-0.2, 0) is 16.1 Å². The molecule has 1 atom stereocenters. The molecule has 0 bridgehead atoms. The van der Waals surface area contributed by atoms with Gasteiger partial charge in [0.15, 0.2) is 0 Å². The van der Waals surface area contributed by atoms with E-state index in [1.807, 2.05) is 74.8 Å². The van der Waals surface area contributed by atoms with E-state index in [-0.39, 0.29) is 23.9 Å². The first-order valence-electron chi connectivity index (χ1n) is 13.2. The predicted octanol–water partition coefficient (Wildman–Crippen LogP) is 5.31. The minimum absolute atomic E-state index is 0.0475. The van der Waals surface area contributed by atoms with Crippen LogP contribution >= 0.6 is 0 Å². The summed E-state index contributed by atoms with van der Waals surface area (Å²) in [6, 6.07) is 18.3. The fourth-order valence-corrected chi connectivity index (χ4v) is 5.42. The molecule has 1 unspecified atom stereocenters. The van der Waals surface area contributed by atoms with Gasteiger partial charge in [-0.2, -0.15) is 0 Å². The first-order valence-corrected chi connectivity index (χ1v) is 13.2. The van der Waals surface area contributed by atoms with Crippen LogP contribution in [-0.4, -0.2) is 58.1 Å². The Hall–Kier alpha value is -3.15. The van der Waals surface area contributed by atoms with Gasteiger partial charge < -0.3 is 14.6 Å². The van der Waals surface area contributed by atoms with Gasteiger partial charge in [0.05, 0.1) is 5.71 Å². The molecule has 4 rings (SSSR count). The van der Waals surface area contributed by atoms with Crippen molar-refractivity contribution in [3.8, 4) is 0 Å². The van der Waals surface area contributed by atoms with Crippen LogP contribution in [0.4, 0.5) is 0 Å². The summed E-state index contributed by atoms with van der Waals surface area (Å²) in [5, 5.41) is 4.26. The number of carbonyl (C=O) groups excluding carboxylic acids is 2. The summed E-state index contributed by atoms with van der Waals surface area (Å²) in [6.45, 7) is 11.4. The van der Waals surface area contributed by atoms with Crippen LogP contribution < -0.4 is 0 Å². The highest BCUT2D eigenvalue weighted by atomic mass is 16.7. The Kier molecular flexibility index (Phi) is 7.82. The molecule has 6 nitrogen and oxygen atoms in total. The molecule has 6 heteroatoms. The number of carbonyl (C=O) groups is 2. The van der Waals surface area contributed by atoms with Crippen molar-refractivity contribution in [2.24, 2.45) is 11.1 Å². The Bertz CT molecular complexity index is 1080. The summed E-state index contributed by atoms with van der Waals surface area (Å²) in [5.41, 5.74) is 2.66. The number of rotatable bonds is 7. The lowest BCUT2D eigenvalue weighted by Gasteiger charge is -2.35. The van der Waals surface area contributed by atoms with Crippen molar-refractivity contribution in [3.63, 3.8) is 0 Å². The first kappa shape index (κ1) is 25.9. The van der Waals surface area contributed by atoms with Crippen LogP contribution in [0.3, 0.4) is 0 Å². The summed E-state index contributed by atoms with van der Waals surface area (Å²) in [7, 11) is 0. The molecule has 0 radical (unpaired) electrons. The third-order valence-corrected chi connectivity index (χ3v) is 7.40. The summed E-state index contributed by atoms with van der Waals surface area (Å²) in [6.07, 6.45) is 3.55. The number of hydrogen-bond donors (Lipinski definition) is 0. The van der Waals surface area contributed by atoms with E-state index in [4.69, 9.17) is 4.84 Å². The van der Waals surface area contributed by atoms with Crippen LogP contribution in [0, 0.1) is 5.92 Å². The van der Waals surface area contributed by atoms with Crippen LogP contribution in [0.1, 0.15) is 75.4 Å². The third kappa shape index (κ3) is 5.63. The maximum atomic E-state index is 13.2. The van der Waals surface area contributed by atoms with E-state index in [2.05, 4.69) is 29.4 Å². The molecule has 1 fully saturated rings. The number of amides is 2. The van der Waals surface area contributed by atoms with Gasteiger partial charge in [-0.15, -0.1) is 0 Å². The number of hydrogen-bond acceptors (Lipinski definition) is 4. The lowest BCUT2D eigenvalue weighted by molar-refractivity contribution is -0.157. The van der Waals surface area contributed by atoms with Gasteiger partial charge in [0, 0.05) is 37.2 Å². The van der Waals surface area contributed by atoms with Crippen molar-refractivity contribution in [3.05, 3.63) is 71.3 Å². The van der Waals surface area contributed by atoms with Gasteiger partial charge in [-0.1, -0.05) is 47.6 Å². The average Bonchev–Trinajstić information content (AvgIpc) is 3.28. The molecule has 1 saturated heterocycles. The molecule has 192 valence electrons. The Labute approximate surface area is 215 Å². The Morgan fingerprint density at radius 1 is 1.00 bits per heavy atom. The highest BCUT2D eigenvalue weighted by Gasteiger charge is 2.45. The van der Waals surface area contributed by atoms with E-state index in [9.17, 15) is 9.59 Å². The summed E-state index contributed by atoms with van der Waals surface area (Å²) in [4.78, 5) is 35.9. The normalized spacial score (nSPS) is 20.4. The lowest BCUT2D eigenvalue weighted by atomic mass is 9.90. The van der Waals surface area contributed by atoms with E-state index in [0.717, 1.165) is 43.6 Å². The highest BCUT2D eigenvalue weighted by Crippen LogP contribution is 2.30. The van der Waals surface area contributed by atoms with Crippen LogP contribution in [0.5, 0.6) is 0 Å². The Morgan fingerprint density at radius 3 is 2.19 bits per heavy atom. The van der Waals surface area contributed by atoms with Crippen LogP contribution in [0.2, 0.25) is 0 Å². The van der Waals surface area contributed by atoms with E-state index >= 15 is 0 Å². The molecule has 0 N–H and O–H groups in total. The second kappa shape index (κ2) is 10.9. The van der Waals surface area contributed by atoms with Crippen molar-refractivity contribution in [1.29, 1.82) is 0 Å². The molecular weight excluding hydrogens is 450 g/mol. The molecule has 2 heterocycles. The summed E-state index contributed by atoms with van der Waals surface area (Å²) < 4.78 is 0. The monoisotopic (exact) mass is 489 g/mol. The van der Waals surface area contributed by atoms with Gasteiger partial charge in [-0.3, -0.25) is 9.59 Å². The third-order valence-electron chi connectivity index (χ3n) is 7.40. The van der Waals surface area contributed by atoms with E-state index in [1.54, 1.807) is 0 Å². The molecule has 0 aliphatic carbocycles. The molecule has 36 heavy (non-hydrogen) atoms. The standard InChI is InChI=1S/C30H39N3O3/c1-21(2)33(22(3)4)29(35)30(5)20-27(31-36-30)25-11-13-26(14-12-25)28(34)32-17-15-24(16-18-32)19-23-9-7-6-8-10-23/h6-14,21-22,24H,15-20H2,1-5H3. The van der Waals surface area contributed by atoms with Gasteiger partial charge in [0.1, 0.15) is 0 Å². The summed E-state index contributed by atoms with van der Waals surface area (Å²) in [5.74, 6) is 0.654. The SMILES string of the molecule is CC(C)N(C(=O)C1(C)CC(c2ccc(C(=O)N3CCC(Cc4ccccc4)CC3)cc2)=NO1)C(C)C. The fourth-order valence-electron chi connectivity index (χ4n) is 5.42. The highest BCUT2D eigenvalue weighted by molar-refractivity contribution is 6.06. The molecular formula is C30H39N3O3. The Morgan fingerprint density at radius 2 is 1.61 bits per heavy atom. The molecule has 2 aliphatic heterocycles. The number of oxime groups is 1. The molecule has 0 saturated carbocycles. The number of nitrogens with zero attached hydrogens (tertiary/aromatic N) is 3. The molecule has 2 aromatic rings. The summed E-state index contributed by atoms with van der Waals surface area (Å²) >= 11 is 0. The lowest BCUT2D eigenvalue weighted by Crippen LogP contribution is -2.52. The maximum absolute atomic E-state index is 13.2. The predicted molar refractivity (Wildman–Crippen MR) is 143 cm³/mol. The zero-order chi connectivity index (χ0) is 25.9. The molecule has 2 amide bonds. The number of benzene rings is 2. The number of piperidine rings is 1. The van der Waals surface area contributed by atoms with E-state index < -0.39 is 5.60 Å². The molecule has 2 aromatic carbocycles. The van der Waals surface area contributed by atoms with Crippen molar-refractivity contribution >= 4 is 17.5 Å². The van der Waals surface area contributed by atoms with Crippen LogP contribution in [0.25, 0.3) is 0 Å². The molecule has 0 spiro atoms. The first-order chi connectivity index (χ1) is 17.2. The van der Waals surface area contributed by atoms with Crippen molar-refractivity contribution in [2.75, 3.05) is 13.1 Å². The minimum Gasteiger partial charge on any atom is -0.379 e. The van der Waals surface area contributed by atoms with Crippen molar-refractivity contribution in [1.82, 2.24) is 9.80 Å². The van der Waals surface area contributed by atoms with Crippen molar-refractivity contribution in [2.45, 2.75) is 78.0 Å². The smallest absolute Gasteiger partial charge is 0.270 e. The van der Waals surface area contributed by atoms with Gasteiger partial charge in [-0.25, -0.2) is 0 Å². The molecule has 0 aromatic heterocycles. The zero-order valence-corrected chi connectivity index (χ0v) is 22.2. The van der Waals surface area contributed by atoms with E-state index in [0.29, 0.717) is 17.9 Å². The quantitative estimate of drug-likeness (QED) is 0.530. The number of likely N-dealkylation sites (tertiary alicyclic amines) is 1. The van der Waals surface area contributed by atoms with Gasteiger partial charge in [0.25, 0.3) is 11.8 Å². The second-order valence-corrected chi connectivity index (χ2v) is 10.9. The average molecular weight is 490 g/mol.